The Labute approximate surface area is 151 Å². The molecule has 27 heavy (non-hydrogen) atoms. The maximum Gasteiger partial charge on any atom is 0.472 e. The van der Waals surface area contributed by atoms with Crippen molar-refractivity contribution < 1.29 is 38.3 Å². The number of phosphoric ester groups is 1. The van der Waals surface area contributed by atoms with Crippen LogP contribution in [0.25, 0.3) is 0 Å². The second-order valence-electron chi connectivity index (χ2n) is 5.92. The van der Waals surface area contributed by atoms with Crippen molar-refractivity contribution in [3.05, 3.63) is 32.6 Å². The molecule has 14 heteroatoms. The van der Waals surface area contributed by atoms with Gasteiger partial charge in [-0.1, -0.05) is 0 Å². The molecule has 0 aromatic carbocycles. The highest BCUT2D eigenvalue weighted by Crippen LogP contribution is 2.44. The zero-order valence-corrected chi connectivity index (χ0v) is 15.1. The molecule has 1 aromatic rings. The number of nitrogens with zero attached hydrogens (tertiary/aromatic N) is 1. The molecule has 1 aliphatic rings. The largest absolute Gasteiger partial charge is 0.480 e. The van der Waals surface area contributed by atoms with E-state index < -0.39 is 62.7 Å². The fourth-order valence-corrected chi connectivity index (χ4v) is 3.05. The Kier molecular flexibility index (Phi) is 6.70. The number of rotatable bonds is 8. The number of aryl methyl sites for hydroxylation is 1. The fraction of sp³-hybridized carbons (Fsp3) is 0.615. The molecule has 2 unspecified atom stereocenters. The zero-order valence-electron chi connectivity index (χ0n) is 14.2. The standard InChI is InChI=1S/C13H20N3O10P/c1-6-3-16(13(21)15-11(6)18)10-2-8(17)9(26-10)5-25-27(22,23)24-4-7(14)12(19)20/h3,7-10,17H,2,4-5,14H2,1H3,(H,19,20)(H,22,23)(H,15,18,21)/t7?,8-,9+,10+/m0/s1. The molecule has 2 rings (SSSR count). The van der Waals surface area contributed by atoms with Gasteiger partial charge in [-0.15, -0.1) is 0 Å². The fourth-order valence-electron chi connectivity index (χ4n) is 2.29. The number of carboxylic acids is 1. The first-order valence-electron chi connectivity index (χ1n) is 7.76. The van der Waals surface area contributed by atoms with Crippen LogP contribution < -0.4 is 17.0 Å². The molecule has 1 fully saturated rings. The summed E-state index contributed by atoms with van der Waals surface area (Å²) in [6, 6.07) is -1.51. The third-order valence-electron chi connectivity index (χ3n) is 3.80. The van der Waals surface area contributed by atoms with E-state index >= 15 is 0 Å². The summed E-state index contributed by atoms with van der Waals surface area (Å²) in [6.45, 7) is 0.165. The van der Waals surface area contributed by atoms with Gasteiger partial charge in [-0.25, -0.2) is 9.36 Å². The lowest BCUT2D eigenvalue weighted by molar-refractivity contribution is -0.139. The summed E-state index contributed by atoms with van der Waals surface area (Å²) in [4.78, 5) is 45.4. The highest BCUT2D eigenvalue weighted by Gasteiger charge is 2.37. The van der Waals surface area contributed by atoms with Crippen LogP contribution in [-0.2, 0) is 23.1 Å². The molecular formula is C13H20N3O10P. The third-order valence-corrected chi connectivity index (χ3v) is 4.75. The van der Waals surface area contributed by atoms with E-state index in [9.17, 15) is 28.9 Å². The molecule has 0 amide bonds. The number of aromatic amines is 1. The van der Waals surface area contributed by atoms with Crippen molar-refractivity contribution in [3.8, 4) is 0 Å². The molecule has 6 N–H and O–H groups in total. The van der Waals surface area contributed by atoms with Crippen molar-refractivity contribution in [3.63, 3.8) is 0 Å². The maximum atomic E-state index is 11.9. The number of H-pyrrole nitrogens is 1. The van der Waals surface area contributed by atoms with Crippen LogP contribution in [0.5, 0.6) is 0 Å². The average Bonchev–Trinajstić information content (AvgIpc) is 2.95. The minimum atomic E-state index is -4.63. The van der Waals surface area contributed by atoms with Crippen LogP contribution in [-0.4, -0.2) is 62.1 Å². The summed E-state index contributed by atoms with van der Waals surface area (Å²) in [5, 5.41) is 18.6. The number of hydrogen-bond donors (Lipinski definition) is 5. The molecule has 1 aromatic heterocycles. The van der Waals surface area contributed by atoms with Crippen LogP contribution in [0.1, 0.15) is 18.2 Å². The topological polar surface area (TPSA) is 203 Å². The Balaban J connectivity index is 1.96. The summed E-state index contributed by atoms with van der Waals surface area (Å²) in [6.07, 6.45) is -1.87. The molecular weight excluding hydrogens is 389 g/mol. The summed E-state index contributed by atoms with van der Waals surface area (Å²) >= 11 is 0. The predicted octanol–water partition coefficient (Wildman–Crippen LogP) is -1.96. The lowest BCUT2D eigenvalue weighted by atomic mass is 10.2. The number of hydrogen-bond acceptors (Lipinski definition) is 9. The lowest BCUT2D eigenvalue weighted by Crippen LogP contribution is -2.34. The van der Waals surface area contributed by atoms with Gasteiger partial charge < -0.3 is 25.6 Å². The van der Waals surface area contributed by atoms with E-state index in [0.717, 1.165) is 4.57 Å². The molecule has 0 radical (unpaired) electrons. The zero-order chi connectivity index (χ0) is 20.4. The minimum Gasteiger partial charge on any atom is -0.480 e. The second kappa shape index (κ2) is 8.44. The highest BCUT2D eigenvalue weighted by molar-refractivity contribution is 7.47. The van der Waals surface area contributed by atoms with Crippen LogP contribution in [0.3, 0.4) is 0 Å². The number of carbonyl (C=O) groups is 1. The van der Waals surface area contributed by atoms with Crippen molar-refractivity contribution in [1.82, 2.24) is 9.55 Å². The van der Waals surface area contributed by atoms with E-state index in [0.29, 0.717) is 0 Å². The number of phosphoric acid groups is 1. The maximum absolute atomic E-state index is 11.9. The van der Waals surface area contributed by atoms with Gasteiger partial charge in [-0.2, -0.15) is 0 Å². The molecule has 0 bridgehead atoms. The molecule has 0 aliphatic carbocycles. The van der Waals surface area contributed by atoms with Gasteiger partial charge in [0.05, 0.1) is 19.3 Å². The predicted molar refractivity (Wildman–Crippen MR) is 87.9 cm³/mol. The van der Waals surface area contributed by atoms with Gasteiger partial charge in [0.15, 0.2) is 0 Å². The number of nitrogens with two attached hydrogens (primary N) is 1. The SMILES string of the molecule is Cc1cn([C@H]2C[C@H](O)[C@@H](COP(=O)(O)OCC(N)C(=O)O)O2)c(=O)[nH]c1=O. The van der Waals surface area contributed by atoms with Crippen LogP contribution in [0, 0.1) is 6.92 Å². The van der Waals surface area contributed by atoms with Gasteiger partial charge in [-0.3, -0.25) is 28.2 Å². The Bertz CT molecular complexity index is 851. The van der Waals surface area contributed by atoms with Gasteiger partial charge in [0.1, 0.15) is 18.4 Å². The van der Waals surface area contributed by atoms with Gasteiger partial charge >= 0.3 is 19.5 Å². The molecule has 1 saturated heterocycles. The molecule has 152 valence electrons. The molecule has 13 nitrogen and oxygen atoms in total. The summed E-state index contributed by atoms with van der Waals surface area (Å²) in [7, 11) is -4.63. The van der Waals surface area contributed by atoms with E-state index in [4.69, 9.17) is 15.6 Å². The number of carboxylic acid groups (broad SMARTS) is 1. The highest BCUT2D eigenvalue weighted by atomic mass is 31.2. The average molecular weight is 409 g/mol. The first-order valence-corrected chi connectivity index (χ1v) is 9.25. The monoisotopic (exact) mass is 409 g/mol. The van der Waals surface area contributed by atoms with Crippen molar-refractivity contribution >= 4 is 13.8 Å². The summed E-state index contributed by atoms with van der Waals surface area (Å²) < 4.78 is 27.4. The van der Waals surface area contributed by atoms with Crippen molar-refractivity contribution in [2.45, 2.75) is 37.8 Å². The van der Waals surface area contributed by atoms with E-state index in [1.807, 2.05) is 0 Å². The molecule has 2 heterocycles. The second-order valence-corrected chi connectivity index (χ2v) is 7.37. The Hall–Kier alpha value is -1.86. The molecule has 1 aliphatic heterocycles. The molecule has 0 saturated carbocycles. The number of aliphatic carboxylic acids is 1. The summed E-state index contributed by atoms with van der Waals surface area (Å²) in [5.74, 6) is -1.42. The third kappa shape index (κ3) is 5.56. The minimum absolute atomic E-state index is 0.0279. The number of aliphatic hydroxyl groups excluding tert-OH is 1. The molecule has 5 atom stereocenters. The number of ether oxygens (including phenoxy) is 1. The van der Waals surface area contributed by atoms with Crippen LogP contribution in [0.4, 0.5) is 0 Å². The quantitative estimate of drug-likeness (QED) is 0.298. The van der Waals surface area contributed by atoms with E-state index in [1.54, 1.807) is 0 Å². The first kappa shape index (κ1) is 21.4. The number of aliphatic hydroxyl groups is 1. The van der Waals surface area contributed by atoms with Gasteiger partial charge in [-0.05, 0) is 6.92 Å². The van der Waals surface area contributed by atoms with E-state index in [-0.39, 0.29) is 12.0 Å². The van der Waals surface area contributed by atoms with Crippen molar-refractivity contribution in [2.75, 3.05) is 13.2 Å². The van der Waals surface area contributed by atoms with Crippen LogP contribution in [0.15, 0.2) is 15.8 Å². The van der Waals surface area contributed by atoms with E-state index in [1.165, 1.54) is 13.1 Å². The van der Waals surface area contributed by atoms with Crippen molar-refractivity contribution in [2.24, 2.45) is 5.73 Å². The Morgan fingerprint density at radius 2 is 2.19 bits per heavy atom. The Morgan fingerprint density at radius 1 is 1.52 bits per heavy atom. The van der Waals surface area contributed by atoms with Crippen LogP contribution in [0.2, 0.25) is 0 Å². The van der Waals surface area contributed by atoms with E-state index in [2.05, 4.69) is 14.0 Å². The van der Waals surface area contributed by atoms with Gasteiger partial charge in [0, 0.05) is 18.2 Å². The smallest absolute Gasteiger partial charge is 0.472 e. The normalized spacial score (nSPS) is 25.9. The molecule has 0 spiro atoms. The first-order chi connectivity index (χ1) is 12.5. The lowest BCUT2D eigenvalue weighted by Gasteiger charge is -2.18. The number of nitrogens with one attached hydrogen (secondary N) is 1. The van der Waals surface area contributed by atoms with Crippen molar-refractivity contribution in [1.29, 1.82) is 0 Å². The summed E-state index contributed by atoms with van der Waals surface area (Å²) in [5.41, 5.74) is 4.13. The van der Waals surface area contributed by atoms with Gasteiger partial charge in [0.2, 0.25) is 0 Å². The number of aromatic nitrogens is 2. The van der Waals surface area contributed by atoms with Crippen LogP contribution >= 0.6 is 7.82 Å². The Morgan fingerprint density at radius 3 is 2.81 bits per heavy atom. The van der Waals surface area contributed by atoms with Gasteiger partial charge in [0.25, 0.3) is 5.56 Å².